The molecule has 1 saturated heterocycles. The summed E-state index contributed by atoms with van der Waals surface area (Å²) >= 11 is 0. The van der Waals surface area contributed by atoms with Crippen molar-refractivity contribution >= 4 is 28.5 Å². The molecule has 8 nitrogen and oxygen atoms in total. The van der Waals surface area contributed by atoms with Gasteiger partial charge in [-0.15, -0.1) is 0 Å². The Bertz CT molecular complexity index is 1260. The van der Waals surface area contributed by atoms with Gasteiger partial charge < -0.3 is 19.6 Å². The average Bonchev–Trinajstić information content (AvgIpc) is 3.17. The minimum atomic E-state index is -0.529. The van der Waals surface area contributed by atoms with Crippen LogP contribution in [-0.2, 0) is 16.1 Å². The highest BCUT2D eigenvalue weighted by Crippen LogP contribution is 2.36. The van der Waals surface area contributed by atoms with E-state index in [1.165, 1.54) is 7.11 Å². The molecule has 1 fully saturated rings. The Morgan fingerprint density at radius 2 is 1.94 bits per heavy atom. The number of pyridine rings is 1. The largest absolute Gasteiger partial charge is 0.464 e. The first-order valence-electron chi connectivity index (χ1n) is 10.9. The lowest BCUT2D eigenvalue weighted by molar-refractivity contribution is -0.121. The molecule has 8 heteroatoms. The van der Waals surface area contributed by atoms with Crippen LogP contribution in [0.3, 0.4) is 0 Å². The van der Waals surface area contributed by atoms with E-state index in [4.69, 9.17) is 4.74 Å². The van der Waals surface area contributed by atoms with Crippen molar-refractivity contribution in [3.63, 3.8) is 0 Å². The topological polar surface area (TPSA) is 96.4 Å². The molecule has 2 bridgehead atoms. The van der Waals surface area contributed by atoms with E-state index in [0.717, 1.165) is 29.6 Å². The van der Waals surface area contributed by atoms with Gasteiger partial charge in [0, 0.05) is 48.2 Å². The van der Waals surface area contributed by atoms with Crippen molar-refractivity contribution in [2.75, 3.05) is 25.5 Å². The second-order valence-electron chi connectivity index (χ2n) is 8.73. The summed E-state index contributed by atoms with van der Waals surface area (Å²) in [5, 5.41) is 3.73. The monoisotopic (exact) mass is 434 g/mol. The van der Waals surface area contributed by atoms with Crippen LogP contribution in [0.2, 0.25) is 0 Å². The number of nitrogens with one attached hydrogen (secondary N) is 2. The van der Waals surface area contributed by atoms with Gasteiger partial charge in [0.05, 0.1) is 18.8 Å². The number of benzene rings is 1. The molecule has 166 valence electrons. The van der Waals surface area contributed by atoms with Crippen LogP contribution < -0.4 is 10.9 Å². The van der Waals surface area contributed by atoms with E-state index in [0.29, 0.717) is 24.7 Å². The van der Waals surface area contributed by atoms with Crippen LogP contribution in [0.25, 0.3) is 10.9 Å². The quantitative estimate of drug-likeness (QED) is 0.616. The summed E-state index contributed by atoms with van der Waals surface area (Å²) in [6, 6.07) is 12.5. The molecule has 2 aliphatic heterocycles. The Balaban J connectivity index is 1.39. The molecule has 0 aliphatic carbocycles. The molecule has 32 heavy (non-hydrogen) atoms. The van der Waals surface area contributed by atoms with Crippen molar-refractivity contribution < 1.29 is 14.3 Å². The number of para-hydroxylation sites is 1. The summed E-state index contributed by atoms with van der Waals surface area (Å²) in [6.07, 6.45) is 1.03. The molecule has 4 heterocycles. The molecule has 0 unspecified atom stereocenters. The number of likely N-dealkylation sites (tertiary alicyclic amines) is 1. The number of anilines is 1. The summed E-state index contributed by atoms with van der Waals surface area (Å²) < 4.78 is 6.78. The van der Waals surface area contributed by atoms with Crippen LogP contribution in [0.15, 0.2) is 47.3 Å². The zero-order valence-corrected chi connectivity index (χ0v) is 18.1. The number of carbonyl (C=O) groups excluding carboxylic acids is 2. The number of hydrogen-bond donors (Lipinski definition) is 2. The highest BCUT2D eigenvalue weighted by atomic mass is 16.5. The Hall–Kier alpha value is -3.39. The summed E-state index contributed by atoms with van der Waals surface area (Å²) in [4.78, 5) is 43.0. The number of carbonyl (C=O) groups is 2. The third-order valence-electron chi connectivity index (χ3n) is 6.78. The second kappa shape index (κ2) is 7.94. The van der Waals surface area contributed by atoms with Crippen molar-refractivity contribution in [1.29, 1.82) is 0 Å². The van der Waals surface area contributed by atoms with E-state index in [-0.39, 0.29) is 29.1 Å². The summed E-state index contributed by atoms with van der Waals surface area (Å²) in [6.45, 7) is 4.04. The predicted molar refractivity (Wildman–Crippen MR) is 121 cm³/mol. The maximum absolute atomic E-state index is 13.3. The molecule has 2 N–H and O–H groups in total. The SMILES string of the molecule is COC(=O)c1[nH]c2ccccc2c1NC(=O)[C@@H](C)N1C[C@@H]2C[C@H](C1)c1cccc(=O)n1C2. The maximum Gasteiger partial charge on any atom is 0.356 e. The van der Waals surface area contributed by atoms with Gasteiger partial charge in [0.2, 0.25) is 5.91 Å². The van der Waals surface area contributed by atoms with E-state index in [9.17, 15) is 14.4 Å². The molecule has 2 aliphatic rings. The van der Waals surface area contributed by atoms with Crippen molar-refractivity contribution in [2.24, 2.45) is 5.92 Å². The molecule has 0 radical (unpaired) electrons. The van der Waals surface area contributed by atoms with Crippen LogP contribution in [0.5, 0.6) is 0 Å². The number of amides is 1. The van der Waals surface area contributed by atoms with Gasteiger partial charge in [0.25, 0.3) is 5.56 Å². The van der Waals surface area contributed by atoms with Crippen LogP contribution in [0, 0.1) is 5.92 Å². The zero-order chi connectivity index (χ0) is 22.4. The first-order valence-corrected chi connectivity index (χ1v) is 10.9. The lowest BCUT2D eigenvalue weighted by atomic mass is 9.82. The number of H-pyrrole nitrogens is 1. The van der Waals surface area contributed by atoms with Gasteiger partial charge in [-0.05, 0) is 31.4 Å². The smallest absolute Gasteiger partial charge is 0.356 e. The van der Waals surface area contributed by atoms with Gasteiger partial charge in [-0.3, -0.25) is 14.5 Å². The van der Waals surface area contributed by atoms with Crippen LogP contribution in [0.1, 0.15) is 35.4 Å². The normalized spacial score (nSPS) is 21.1. The molecule has 1 aromatic carbocycles. The third-order valence-corrected chi connectivity index (χ3v) is 6.78. The molecule has 3 aromatic rings. The van der Waals surface area contributed by atoms with E-state index in [1.807, 2.05) is 47.9 Å². The third kappa shape index (κ3) is 3.40. The Labute approximate surface area is 185 Å². The number of rotatable bonds is 4. The van der Waals surface area contributed by atoms with E-state index in [2.05, 4.69) is 15.2 Å². The van der Waals surface area contributed by atoms with Crippen LogP contribution >= 0.6 is 0 Å². The lowest BCUT2D eigenvalue weighted by Gasteiger charge is -2.44. The summed E-state index contributed by atoms with van der Waals surface area (Å²) in [5.74, 6) is -0.148. The van der Waals surface area contributed by atoms with Crippen molar-refractivity contribution in [3.05, 3.63) is 64.2 Å². The Kier molecular flexibility index (Phi) is 5.09. The molecular formula is C24H26N4O4. The van der Waals surface area contributed by atoms with Crippen LogP contribution in [-0.4, -0.2) is 52.6 Å². The number of aromatic amines is 1. The minimum absolute atomic E-state index is 0.0473. The van der Waals surface area contributed by atoms with Gasteiger partial charge in [-0.2, -0.15) is 0 Å². The van der Waals surface area contributed by atoms with E-state index < -0.39 is 5.97 Å². The molecule has 0 spiro atoms. The number of ether oxygens (including phenoxy) is 1. The fourth-order valence-electron chi connectivity index (χ4n) is 5.17. The Morgan fingerprint density at radius 3 is 2.75 bits per heavy atom. The molecular weight excluding hydrogens is 408 g/mol. The van der Waals surface area contributed by atoms with Crippen molar-refractivity contribution in [3.8, 4) is 0 Å². The number of piperidine rings is 1. The maximum atomic E-state index is 13.3. The highest BCUT2D eigenvalue weighted by Gasteiger charge is 2.37. The predicted octanol–water partition coefficient (Wildman–Crippen LogP) is 2.56. The van der Waals surface area contributed by atoms with Gasteiger partial charge in [0.15, 0.2) is 0 Å². The summed E-state index contributed by atoms with van der Waals surface area (Å²) in [5.41, 5.74) is 2.53. The summed E-state index contributed by atoms with van der Waals surface area (Å²) in [7, 11) is 1.32. The number of fused-ring (bicyclic) bond motifs is 5. The fourth-order valence-corrected chi connectivity index (χ4v) is 5.17. The van der Waals surface area contributed by atoms with Crippen molar-refractivity contribution in [1.82, 2.24) is 14.5 Å². The number of methoxy groups -OCH3 is 1. The fraction of sp³-hybridized carbons (Fsp3) is 0.375. The number of nitrogens with zero attached hydrogens (tertiary/aromatic N) is 2. The molecule has 1 amide bonds. The molecule has 2 aromatic heterocycles. The van der Waals surface area contributed by atoms with E-state index in [1.54, 1.807) is 6.07 Å². The first-order chi connectivity index (χ1) is 15.5. The highest BCUT2D eigenvalue weighted by molar-refractivity contribution is 6.11. The Morgan fingerprint density at radius 1 is 1.12 bits per heavy atom. The van der Waals surface area contributed by atoms with Crippen molar-refractivity contribution in [2.45, 2.75) is 31.8 Å². The average molecular weight is 434 g/mol. The van der Waals surface area contributed by atoms with Gasteiger partial charge in [-0.25, -0.2) is 4.79 Å². The number of aromatic nitrogens is 2. The molecule has 0 saturated carbocycles. The minimum Gasteiger partial charge on any atom is -0.464 e. The molecule has 5 rings (SSSR count). The van der Waals surface area contributed by atoms with Gasteiger partial charge >= 0.3 is 5.97 Å². The van der Waals surface area contributed by atoms with Gasteiger partial charge in [0.1, 0.15) is 5.69 Å². The lowest BCUT2D eigenvalue weighted by Crippen LogP contribution is -2.52. The second-order valence-corrected chi connectivity index (χ2v) is 8.73. The number of esters is 1. The zero-order valence-electron chi connectivity index (χ0n) is 18.1. The van der Waals surface area contributed by atoms with E-state index >= 15 is 0 Å². The van der Waals surface area contributed by atoms with Gasteiger partial charge in [-0.1, -0.05) is 24.3 Å². The van der Waals surface area contributed by atoms with Crippen LogP contribution in [0.4, 0.5) is 5.69 Å². The molecule has 3 atom stereocenters. The standard InChI is InChI=1S/C24H26N4O4/c1-14(27-11-15-10-16(13-27)19-8-5-9-20(29)28(19)12-15)23(30)26-21-17-6-3-4-7-18(17)25-22(21)24(31)32-2/h3-9,14-16,25H,10-13H2,1-2H3,(H,26,30)/t14-,15+,16-/m1/s1. The first kappa shape index (κ1) is 20.5. The number of hydrogen-bond acceptors (Lipinski definition) is 5.